The lowest BCUT2D eigenvalue weighted by Crippen LogP contribution is -2.31. The summed E-state index contributed by atoms with van der Waals surface area (Å²) in [4.78, 5) is 0. The molecule has 0 aliphatic carbocycles. The Morgan fingerprint density at radius 3 is 1.48 bits per heavy atom. The molecular formula is C16H38N3OP. The number of hydrogen-bond donors (Lipinski definition) is 1. The summed E-state index contributed by atoms with van der Waals surface area (Å²) in [6.45, 7) is 3.10. The highest BCUT2D eigenvalue weighted by Gasteiger charge is 2.26. The maximum Gasteiger partial charge on any atom is 0.283 e. The van der Waals surface area contributed by atoms with Crippen molar-refractivity contribution in [1.82, 2.24) is 14.4 Å². The van der Waals surface area contributed by atoms with E-state index in [1.807, 2.05) is 28.2 Å². The van der Waals surface area contributed by atoms with Gasteiger partial charge in [-0.3, -0.25) is 4.57 Å². The number of rotatable bonds is 14. The Morgan fingerprint density at radius 1 is 0.714 bits per heavy atom. The van der Waals surface area contributed by atoms with Gasteiger partial charge < -0.3 is 0 Å². The van der Waals surface area contributed by atoms with E-state index in [9.17, 15) is 4.57 Å². The van der Waals surface area contributed by atoms with Crippen LogP contribution in [0.3, 0.4) is 0 Å². The zero-order valence-corrected chi connectivity index (χ0v) is 15.9. The molecule has 0 bridgehead atoms. The van der Waals surface area contributed by atoms with Gasteiger partial charge in [-0.25, -0.2) is 14.4 Å². The van der Waals surface area contributed by atoms with Gasteiger partial charge in [-0.15, -0.1) is 0 Å². The van der Waals surface area contributed by atoms with Gasteiger partial charge in [0.2, 0.25) is 0 Å². The van der Waals surface area contributed by atoms with Crippen LogP contribution in [0.2, 0.25) is 0 Å². The first-order valence-corrected chi connectivity index (χ1v) is 10.3. The molecule has 0 fully saturated rings. The topological polar surface area (TPSA) is 35.6 Å². The molecule has 4 nitrogen and oxygen atoms in total. The van der Waals surface area contributed by atoms with Crippen LogP contribution < -0.4 is 5.09 Å². The Hall–Kier alpha value is 0.110. The van der Waals surface area contributed by atoms with E-state index < -0.39 is 7.59 Å². The maximum atomic E-state index is 12.6. The third-order valence-corrected chi connectivity index (χ3v) is 6.74. The van der Waals surface area contributed by atoms with Gasteiger partial charge in [-0.05, 0) is 34.6 Å². The van der Waals surface area contributed by atoms with Crippen LogP contribution in [0.1, 0.15) is 71.1 Å². The lowest BCUT2D eigenvalue weighted by Gasteiger charge is -2.30. The van der Waals surface area contributed by atoms with E-state index in [1.165, 1.54) is 57.8 Å². The summed E-state index contributed by atoms with van der Waals surface area (Å²) < 4.78 is 16.2. The molecule has 0 aliphatic rings. The zero-order chi connectivity index (χ0) is 16.1. The highest BCUT2D eigenvalue weighted by molar-refractivity contribution is 7.56. The number of hydrogen-bond acceptors (Lipinski definition) is 1. The Morgan fingerprint density at radius 2 is 1.10 bits per heavy atom. The molecular weight excluding hydrogens is 281 g/mol. The fourth-order valence-corrected chi connectivity index (χ4v) is 4.21. The van der Waals surface area contributed by atoms with E-state index in [0.29, 0.717) is 0 Å². The van der Waals surface area contributed by atoms with Crippen LogP contribution in [0.5, 0.6) is 0 Å². The predicted octanol–water partition coefficient (Wildman–Crippen LogP) is 4.73. The second kappa shape index (κ2) is 12.6. The van der Waals surface area contributed by atoms with Crippen LogP contribution >= 0.6 is 7.59 Å². The van der Waals surface area contributed by atoms with Gasteiger partial charge in [0, 0.05) is 6.54 Å². The molecule has 128 valence electrons. The predicted molar refractivity (Wildman–Crippen MR) is 94.8 cm³/mol. The summed E-state index contributed by atoms with van der Waals surface area (Å²) >= 11 is 0. The molecule has 21 heavy (non-hydrogen) atoms. The van der Waals surface area contributed by atoms with Crippen LogP contribution in [-0.4, -0.2) is 44.1 Å². The number of nitrogens with one attached hydrogen (secondary N) is 1. The van der Waals surface area contributed by atoms with Crippen LogP contribution in [0, 0.1) is 0 Å². The van der Waals surface area contributed by atoms with Crippen molar-refractivity contribution in [1.29, 1.82) is 0 Å². The molecule has 0 rings (SSSR count). The fraction of sp³-hybridized carbons (Fsp3) is 1.00. The second-order valence-electron chi connectivity index (χ2n) is 6.33. The molecule has 0 heterocycles. The van der Waals surface area contributed by atoms with E-state index in [4.69, 9.17) is 0 Å². The van der Waals surface area contributed by atoms with E-state index in [2.05, 4.69) is 12.0 Å². The van der Waals surface area contributed by atoms with Crippen LogP contribution in [0.25, 0.3) is 0 Å². The summed E-state index contributed by atoms with van der Waals surface area (Å²) in [7, 11) is 4.95. The van der Waals surface area contributed by atoms with Gasteiger partial charge in [-0.2, -0.15) is 0 Å². The van der Waals surface area contributed by atoms with Crippen molar-refractivity contribution in [2.75, 3.05) is 34.7 Å². The summed E-state index contributed by atoms with van der Waals surface area (Å²) in [5.74, 6) is 0. The Kier molecular flexibility index (Phi) is 12.7. The van der Waals surface area contributed by atoms with Crippen molar-refractivity contribution in [2.45, 2.75) is 71.1 Å². The van der Waals surface area contributed by atoms with Crippen molar-refractivity contribution in [3.05, 3.63) is 0 Å². The summed E-state index contributed by atoms with van der Waals surface area (Å²) in [5.41, 5.74) is 0. The number of nitrogens with zero attached hydrogens (tertiary/aromatic N) is 2. The normalized spacial score (nSPS) is 12.5. The van der Waals surface area contributed by atoms with Crippen molar-refractivity contribution < 1.29 is 4.57 Å². The minimum atomic E-state index is -2.52. The standard InChI is InChI=1S/C16H38N3OP/c1-6-7-8-9-10-11-12-13-14-15-16-17-21(20,18(2)3)19(4)5/h6-16H2,1-5H3,(H,17,20). The van der Waals surface area contributed by atoms with Gasteiger partial charge in [0.15, 0.2) is 0 Å². The SMILES string of the molecule is CCCCCCCCCCCCNP(=O)(N(C)C)N(C)C. The molecule has 0 aliphatic heterocycles. The minimum absolute atomic E-state index is 0.837. The molecule has 0 amide bonds. The van der Waals surface area contributed by atoms with E-state index in [-0.39, 0.29) is 0 Å². The molecule has 0 aromatic rings. The van der Waals surface area contributed by atoms with Gasteiger partial charge >= 0.3 is 0 Å². The van der Waals surface area contributed by atoms with Crippen LogP contribution in [-0.2, 0) is 4.57 Å². The highest BCUT2D eigenvalue weighted by atomic mass is 31.2. The third-order valence-electron chi connectivity index (χ3n) is 3.93. The molecule has 0 atom stereocenters. The smallest absolute Gasteiger partial charge is 0.271 e. The minimum Gasteiger partial charge on any atom is -0.271 e. The monoisotopic (exact) mass is 319 g/mol. The maximum absolute atomic E-state index is 12.6. The Labute approximate surface area is 133 Å². The van der Waals surface area contributed by atoms with Crippen molar-refractivity contribution in [2.24, 2.45) is 0 Å². The average Bonchev–Trinajstić information content (AvgIpc) is 2.44. The summed E-state index contributed by atoms with van der Waals surface area (Å²) in [5, 5.41) is 3.23. The lowest BCUT2D eigenvalue weighted by molar-refractivity contribution is 0.430. The van der Waals surface area contributed by atoms with Gasteiger partial charge in [0.25, 0.3) is 7.59 Å². The highest BCUT2D eigenvalue weighted by Crippen LogP contribution is 2.44. The van der Waals surface area contributed by atoms with Gasteiger partial charge in [0.05, 0.1) is 0 Å². The molecule has 0 saturated carbocycles. The summed E-state index contributed by atoms with van der Waals surface area (Å²) in [6.07, 6.45) is 13.3. The average molecular weight is 319 g/mol. The zero-order valence-electron chi connectivity index (χ0n) is 15.0. The molecule has 0 unspecified atom stereocenters. The number of unbranched alkanes of at least 4 members (excludes halogenated alkanes) is 9. The van der Waals surface area contributed by atoms with Gasteiger partial charge in [0.1, 0.15) is 0 Å². The Bertz CT molecular complexity index is 271. The molecule has 0 spiro atoms. The first-order chi connectivity index (χ1) is 9.95. The van der Waals surface area contributed by atoms with E-state index >= 15 is 0 Å². The molecule has 0 saturated heterocycles. The van der Waals surface area contributed by atoms with Crippen molar-refractivity contribution >= 4 is 7.59 Å². The van der Waals surface area contributed by atoms with Crippen molar-refractivity contribution in [3.8, 4) is 0 Å². The second-order valence-corrected chi connectivity index (χ2v) is 9.33. The van der Waals surface area contributed by atoms with Crippen LogP contribution in [0.15, 0.2) is 0 Å². The molecule has 1 N–H and O–H groups in total. The quantitative estimate of drug-likeness (QED) is 0.371. The van der Waals surface area contributed by atoms with E-state index in [1.54, 1.807) is 9.34 Å². The fourth-order valence-electron chi connectivity index (χ4n) is 2.48. The van der Waals surface area contributed by atoms with Crippen molar-refractivity contribution in [3.63, 3.8) is 0 Å². The molecule has 0 aromatic heterocycles. The Balaban J connectivity index is 3.49. The summed E-state index contributed by atoms with van der Waals surface area (Å²) in [6, 6.07) is 0. The van der Waals surface area contributed by atoms with Crippen LogP contribution in [0.4, 0.5) is 0 Å². The van der Waals surface area contributed by atoms with E-state index in [0.717, 1.165) is 13.0 Å². The van der Waals surface area contributed by atoms with Gasteiger partial charge in [-0.1, -0.05) is 64.7 Å². The first kappa shape index (κ1) is 21.1. The molecule has 0 radical (unpaired) electrons. The molecule has 0 aromatic carbocycles. The lowest BCUT2D eigenvalue weighted by atomic mass is 10.1. The third kappa shape index (κ3) is 9.67. The molecule has 5 heteroatoms. The largest absolute Gasteiger partial charge is 0.283 e. The first-order valence-electron chi connectivity index (χ1n) is 8.66.